The first kappa shape index (κ1) is 16.6. The van der Waals surface area contributed by atoms with Gasteiger partial charge in [-0.2, -0.15) is 0 Å². The Morgan fingerprint density at radius 3 is 2.50 bits per heavy atom. The minimum absolute atomic E-state index is 0.133. The van der Waals surface area contributed by atoms with Crippen LogP contribution in [0.2, 0.25) is 5.02 Å². The molecule has 0 bridgehead atoms. The summed E-state index contributed by atoms with van der Waals surface area (Å²) in [4.78, 5) is 18.2. The van der Waals surface area contributed by atoms with Gasteiger partial charge in [-0.25, -0.2) is 0 Å². The highest BCUT2D eigenvalue weighted by atomic mass is 35.5. The number of carbonyl (C=O) groups excluding carboxylic acids is 1. The highest BCUT2D eigenvalue weighted by Crippen LogP contribution is 2.09. The molecule has 2 N–H and O–H groups in total. The third kappa shape index (κ3) is 5.22. The van der Waals surface area contributed by atoms with Crippen LogP contribution < -0.4 is 10.6 Å². The van der Waals surface area contributed by atoms with E-state index in [4.69, 9.17) is 11.6 Å². The lowest BCUT2D eigenvalue weighted by Gasteiger charge is -2.27. The molecule has 0 unspecified atom stereocenters. The molecule has 22 heavy (non-hydrogen) atoms. The number of rotatable bonds is 4. The van der Waals surface area contributed by atoms with E-state index in [9.17, 15) is 4.79 Å². The standard InChI is InChI=1S/C16H23ClN4O/c1-18-16(19-11-13-5-7-14(17)8-6-13)20-12-15(22)21-9-3-2-4-10-21/h5-8H,2-4,9-12H2,1H3,(H2,18,19,20). The van der Waals surface area contributed by atoms with Gasteiger partial charge in [-0.1, -0.05) is 23.7 Å². The molecule has 0 radical (unpaired) electrons. The maximum Gasteiger partial charge on any atom is 0.241 e. The SMILES string of the molecule is CN=C(NCC(=O)N1CCCCC1)NCc1ccc(Cl)cc1. The summed E-state index contributed by atoms with van der Waals surface area (Å²) in [7, 11) is 1.70. The molecule has 1 aliphatic heterocycles. The van der Waals surface area contributed by atoms with Crippen LogP contribution in [0.15, 0.2) is 29.3 Å². The van der Waals surface area contributed by atoms with Gasteiger partial charge in [0.05, 0.1) is 6.54 Å². The second-order valence-corrected chi connectivity index (χ2v) is 5.78. The number of benzene rings is 1. The molecule has 0 atom stereocenters. The number of nitrogens with one attached hydrogen (secondary N) is 2. The van der Waals surface area contributed by atoms with Gasteiger partial charge in [0.25, 0.3) is 0 Å². The predicted octanol–water partition coefficient (Wildman–Crippen LogP) is 2.02. The molecule has 1 fully saturated rings. The number of amides is 1. The molecule has 120 valence electrons. The van der Waals surface area contributed by atoms with Crippen molar-refractivity contribution in [3.8, 4) is 0 Å². The molecule has 1 aliphatic rings. The van der Waals surface area contributed by atoms with Crippen LogP contribution in [0.25, 0.3) is 0 Å². The lowest BCUT2D eigenvalue weighted by Crippen LogP contribution is -2.45. The fourth-order valence-corrected chi connectivity index (χ4v) is 2.55. The van der Waals surface area contributed by atoms with Gasteiger partial charge in [0.2, 0.25) is 5.91 Å². The second-order valence-electron chi connectivity index (χ2n) is 5.35. The number of nitrogens with zero attached hydrogens (tertiary/aromatic N) is 2. The largest absolute Gasteiger partial charge is 0.352 e. The van der Waals surface area contributed by atoms with Crippen molar-refractivity contribution in [3.05, 3.63) is 34.9 Å². The van der Waals surface area contributed by atoms with Crippen molar-refractivity contribution in [1.29, 1.82) is 0 Å². The average molecular weight is 323 g/mol. The van der Waals surface area contributed by atoms with Gasteiger partial charge in [0, 0.05) is 31.7 Å². The van der Waals surface area contributed by atoms with Crippen LogP contribution in [0, 0.1) is 0 Å². The van der Waals surface area contributed by atoms with Gasteiger partial charge < -0.3 is 15.5 Å². The third-order valence-corrected chi connectivity index (χ3v) is 3.96. The van der Waals surface area contributed by atoms with E-state index in [0.29, 0.717) is 12.5 Å². The summed E-state index contributed by atoms with van der Waals surface area (Å²) in [5.41, 5.74) is 1.11. The van der Waals surface area contributed by atoms with E-state index in [1.54, 1.807) is 7.05 Å². The normalized spacial score (nSPS) is 15.5. The van der Waals surface area contributed by atoms with Crippen molar-refractivity contribution in [2.24, 2.45) is 4.99 Å². The molecule has 0 spiro atoms. The highest BCUT2D eigenvalue weighted by molar-refractivity contribution is 6.30. The van der Waals surface area contributed by atoms with Gasteiger partial charge in [0.15, 0.2) is 5.96 Å². The zero-order valence-corrected chi connectivity index (χ0v) is 13.7. The summed E-state index contributed by atoms with van der Waals surface area (Å²) in [5, 5.41) is 6.98. The van der Waals surface area contributed by atoms with Crippen molar-refractivity contribution in [2.45, 2.75) is 25.8 Å². The first-order chi connectivity index (χ1) is 10.7. The summed E-state index contributed by atoms with van der Waals surface area (Å²) >= 11 is 5.86. The fourth-order valence-electron chi connectivity index (χ4n) is 2.42. The first-order valence-corrected chi connectivity index (χ1v) is 8.03. The topological polar surface area (TPSA) is 56.7 Å². The number of hydrogen-bond acceptors (Lipinski definition) is 2. The van der Waals surface area contributed by atoms with E-state index < -0.39 is 0 Å². The molecule has 0 aromatic heterocycles. The van der Waals surface area contributed by atoms with Crippen LogP contribution in [0.5, 0.6) is 0 Å². The third-order valence-electron chi connectivity index (χ3n) is 3.71. The number of halogens is 1. The molecule has 6 heteroatoms. The summed E-state index contributed by atoms with van der Waals surface area (Å²) in [6, 6.07) is 7.63. The molecule has 0 aliphatic carbocycles. The van der Waals surface area contributed by atoms with Crippen molar-refractivity contribution in [2.75, 3.05) is 26.7 Å². The molecule has 1 aromatic rings. The van der Waals surface area contributed by atoms with Crippen molar-refractivity contribution in [1.82, 2.24) is 15.5 Å². The Kier molecular flexibility index (Phi) is 6.52. The summed E-state index contributed by atoms with van der Waals surface area (Å²) in [6.45, 7) is 2.66. The van der Waals surface area contributed by atoms with E-state index in [0.717, 1.165) is 36.5 Å². The Bertz CT molecular complexity index is 509. The van der Waals surface area contributed by atoms with Gasteiger partial charge >= 0.3 is 0 Å². The zero-order valence-electron chi connectivity index (χ0n) is 12.9. The Labute approximate surface area is 136 Å². The monoisotopic (exact) mass is 322 g/mol. The minimum atomic E-state index is 0.133. The molecule has 0 saturated carbocycles. The van der Waals surface area contributed by atoms with Crippen LogP contribution in [0.3, 0.4) is 0 Å². The van der Waals surface area contributed by atoms with Gasteiger partial charge in [0.1, 0.15) is 0 Å². The summed E-state index contributed by atoms with van der Waals surface area (Å²) < 4.78 is 0. The number of carbonyl (C=O) groups is 1. The molecule has 1 saturated heterocycles. The highest BCUT2D eigenvalue weighted by Gasteiger charge is 2.16. The first-order valence-electron chi connectivity index (χ1n) is 7.66. The van der Waals surface area contributed by atoms with E-state index >= 15 is 0 Å². The number of aliphatic imine (C=N–C) groups is 1. The van der Waals surface area contributed by atoms with E-state index in [-0.39, 0.29) is 12.5 Å². The number of likely N-dealkylation sites (tertiary alicyclic amines) is 1. The maximum absolute atomic E-state index is 12.1. The van der Waals surface area contributed by atoms with Crippen LogP contribution >= 0.6 is 11.6 Å². The minimum Gasteiger partial charge on any atom is -0.352 e. The van der Waals surface area contributed by atoms with Gasteiger partial charge in [-0.15, -0.1) is 0 Å². The lowest BCUT2D eigenvalue weighted by molar-refractivity contribution is -0.130. The Balaban J connectivity index is 1.75. The maximum atomic E-state index is 12.1. The molecule has 1 heterocycles. The Morgan fingerprint density at radius 1 is 1.18 bits per heavy atom. The molecule has 1 aromatic carbocycles. The van der Waals surface area contributed by atoms with Gasteiger partial charge in [-0.05, 0) is 37.0 Å². The molecular formula is C16H23ClN4O. The van der Waals surface area contributed by atoms with E-state index in [1.165, 1.54) is 6.42 Å². The number of piperidine rings is 1. The second kappa shape index (κ2) is 8.63. The van der Waals surface area contributed by atoms with Gasteiger partial charge in [-0.3, -0.25) is 9.79 Å². The average Bonchev–Trinajstić information content (AvgIpc) is 2.57. The van der Waals surface area contributed by atoms with E-state index in [1.807, 2.05) is 29.2 Å². The smallest absolute Gasteiger partial charge is 0.241 e. The predicted molar refractivity (Wildman–Crippen MR) is 90.1 cm³/mol. The quantitative estimate of drug-likeness (QED) is 0.658. The molecule has 2 rings (SSSR count). The number of guanidine groups is 1. The Morgan fingerprint density at radius 2 is 1.86 bits per heavy atom. The van der Waals surface area contributed by atoms with Crippen molar-refractivity contribution < 1.29 is 4.79 Å². The molecule has 5 nitrogen and oxygen atoms in total. The van der Waals surface area contributed by atoms with Crippen LogP contribution in [0.4, 0.5) is 0 Å². The van der Waals surface area contributed by atoms with Crippen LogP contribution in [-0.2, 0) is 11.3 Å². The van der Waals surface area contributed by atoms with Crippen molar-refractivity contribution in [3.63, 3.8) is 0 Å². The zero-order chi connectivity index (χ0) is 15.8. The van der Waals surface area contributed by atoms with Crippen LogP contribution in [-0.4, -0.2) is 43.4 Å². The lowest BCUT2D eigenvalue weighted by atomic mass is 10.1. The van der Waals surface area contributed by atoms with E-state index in [2.05, 4.69) is 15.6 Å². The molecule has 1 amide bonds. The van der Waals surface area contributed by atoms with Crippen molar-refractivity contribution >= 4 is 23.5 Å². The summed E-state index contributed by atoms with van der Waals surface area (Å²) in [5.74, 6) is 0.759. The fraction of sp³-hybridized carbons (Fsp3) is 0.500. The Hall–Kier alpha value is -1.75. The number of hydrogen-bond donors (Lipinski definition) is 2. The summed E-state index contributed by atoms with van der Waals surface area (Å²) in [6.07, 6.45) is 3.44. The van der Waals surface area contributed by atoms with Crippen LogP contribution in [0.1, 0.15) is 24.8 Å². The molecular weight excluding hydrogens is 300 g/mol.